The van der Waals surface area contributed by atoms with Crippen LogP contribution in [0.2, 0.25) is 0 Å². The van der Waals surface area contributed by atoms with Crippen molar-refractivity contribution in [1.82, 2.24) is 20.5 Å². The Morgan fingerprint density at radius 3 is 2.73 bits per heavy atom. The van der Waals surface area contributed by atoms with Gasteiger partial charge in [0, 0.05) is 30.0 Å². The summed E-state index contributed by atoms with van der Waals surface area (Å²) in [5.74, 6) is -0.642. The molecule has 0 aliphatic carbocycles. The Balaban J connectivity index is 1.78. The van der Waals surface area contributed by atoms with Crippen LogP contribution in [0, 0.1) is 5.82 Å². The molecule has 0 spiro atoms. The molecule has 7 heteroatoms. The average molecular weight is 401 g/mol. The van der Waals surface area contributed by atoms with E-state index < -0.39 is 11.4 Å². The lowest BCUT2D eigenvalue weighted by Gasteiger charge is -2.34. The van der Waals surface area contributed by atoms with Gasteiger partial charge in [0.05, 0.1) is 23.0 Å². The number of hydrogen-bond acceptors (Lipinski definition) is 5. The maximum atomic E-state index is 14.3. The minimum absolute atomic E-state index is 0.179. The highest BCUT2D eigenvalue weighted by molar-refractivity contribution is 5.97. The highest BCUT2D eigenvalue weighted by Gasteiger charge is 2.35. The molecule has 2 aromatic heterocycles. The lowest BCUT2D eigenvalue weighted by Crippen LogP contribution is -2.28. The minimum Gasteiger partial charge on any atom is -0.377 e. The maximum Gasteiger partial charge on any atom is 0.272 e. The SMILES string of the molecule is CNCc1cccc([C@H]2c3n[nH]c(=O)c4cc(F)cc(c34)N[C@H]2c2ccncc2)c1. The van der Waals surface area contributed by atoms with Crippen molar-refractivity contribution in [3.05, 3.63) is 99.5 Å². The normalized spacial score (nSPS) is 17.7. The van der Waals surface area contributed by atoms with Gasteiger partial charge in [-0.3, -0.25) is 9.78 Å². The van der Waals surface area contributed by atoms with Crippen molar-refractivity contribution in [1.29, 1.82) is 0 Å². The molecule has 0 saturated carbocycles. The Hall–Kier alpha value is -3.58. The number of anilines is 1. The maximum absolute atomic E-state index is 14.3. The number of nitrogens with one attached hydrogen (secondary N) is 3. The smallest absolute Gasteiger partial charge is 0.272 e. The molecule has 1 aliphatic rings. The van der Waals surface area contributed by atoms with E-state index in [0.29, 0.717) is 16.5 Å². The Morgan fingerprint density at radius 1 is 1.10 bits per heavy atom. The molecule has 0 unspecified atom stereocenters. The summed E-state index contributed by atoms with van der Waals surface area (Å²) in [7, 11) is 1.91. The summed E-state index contributed by atoms with van der Waals surface area (Å²) in [6.07, 6.45) is 3.48. The van der Waals surface area contributed by atoms with Gasteiger partial charge in [-0.15, -0.1) is 0 Å². The summed E-state index contributed by atoms with van der Waals surface area (Å²) in [4.78, 5) is 16.5. The first-order chi connectivity index (χ1) is 14.7. The number of pyridine rings is 1. The molecule has 150 valence electrons. The van der Waals surface area contributed by atoms with Gasteiger partial charge in [-0.25, -0.2) is 9.49 Å². The lowest BCUT2D eigenvalue weighted by atomic mass is 9.80. The third-order valence-corrected chi connectivity index (χ3v) is 5.58. The van der Waals surface area contributed by atoms with Gasteiger partial charge in [0.15, 0.2) is 0 Å². The molecule has 30 heavy (non-hydrogen) atoms. The third-order valence-electron chi connectivity index (χ3n) is 5.58. The summed E-state index contributed by atoms with van der Waals surface area (Å²) in [5.41, 5.74) is 4.11. The van der Waals surface area contributed by atoms with Gasteiger partial charge in [0.2, 0.25) is 0 Å². The van der Waals surface area contributed by atoms with Crippen LogP contribution in [-0.4, -0.2) is 22.2 Å². The summed E-state index contributed by atoms with van der Waals surface area (Å²) in [5, 5.41) is 14.6. The summed E-state index contributed by atoms with van der Waals surface area (Å²) in [6, 6.07) is 14.7. The summed E-state index contributed by atoms with van der Waals surface area (Å²) >= 11 is 0. The highest BCUT2D eigenvalue weighted by Crippen LogP contribution is 2.46. The molecule has 0 bridgehead atoms. The zero-order valence-electron chi connectivity index (χ0n) is 16.3. The topological polar surface area (TPSA) is 82.7 Å². The fraction of sp³-hybridized carbons (Fsp3) is 0.174. The van der Waals surface area contributed by atoms with Crippen molar-refractivity contribution in [2.45, 2.75) is 18.5 Å². The zero-order chi connectivity index (χ0) is 20.7. The lowest BCUT2D eigenvalue weighted by molar-refractivity contribution is 0.618. The van der Waals surface area contributed by atoms with Gasteiger partial charge in [-0.05, 0) is 48.0 Å². The van der Waals surface area contributed by atoms with Crippen molar-refractivity contribution in [2.24, 2.45) is 0 Å². The highest BCUT2D eigenvalue weighted by atomic mass is 19.1. The van der Waals surface area contributed by atoms with Crippen LogP contribution in [-0.2, 0) is 6.54 Å². The molecular formula is C23H20FN5O. The fourth-order valence-corrected chi connectivity index (χ4v) is 4.33. The predicted octanol–water partition coefficient (Wildman–Crippen LogP) is 3.48. The first-order valence-electron chi connectivity index (χ1n) is 9.77. The second-order valence-corrected chi connectivity index (χ2v) is 7.47. The van der Waals surface area contributed by atoms with Crippen molar-refractivity contribution < 1.29 is 4.39 Å². The van der Waals surface area contributed by atoms with E-state index in [9.17, 15) is 9.18 Å². The number of H-pyrrole nitrogens is 1. The van der Waals surface area contributed by atoms with E-state index in [0.717, 1.165) is 28.9 Å². The molecular weight excluding hydrogens is 381 g/mol. The molecule has 1 aliphatic heterocycles. The molecule has 6 nitrogen and oxygen atoms in total. The largest absolute Gasteiger partial charge is 0.377 e. The van der Waals surface area contributed by atoms with Gasteiger partial charge in [0.25, 0.3) is 5.56 Å². The third kappa shape index (κ3) is 3.04. The fourth-order valence-electron chi connectivity index (χ4n) is 4.33. The van der Waals surface area contributed by atoms with Gasteiger partial charge in [0.1, 0.15) is 5.82 Å². The Morgan fingerprint density at radius 2 is 1.93 bits per heavy atom. The second-order valence-electron chi connectivity index (χ2n) is 7.47. The van der Waals surface area contributed by atoms with E-state index in [1.807, 2.05) is 25.2 Å². The number of nitrogens with zero attached hydrogens (tertiary/aromatic N) is 2. The van der Waals surface area contributed by atoms with E-state index in [4.69, 9.17) is 0 Å². The number of benzene rings is 2. The molecule has 0 amide bonds. The van der Waals surface area contributed by atoms with E-state index in [2.05, 4.69) is 44.0 Å². The van der Waals surface area contributed by atoms with Crippen LogP contribution in [0.3, 0.4) is 0 Å². The number of aromatic amines is 1. The number of hydrogen-bond donors (Lipinski definition) is 3. The van der Waals surface area contributed by atoms with Crippen molar-refractivity contribution >= 4 is 16.5 Å². The molecule has 2 aromatic carbocycles. The molecule has 4 aromatic rings. The van der Waals surface area contributed by atoms with Gasteiger partial charge in [-0.2, -0.15) is 5.10 Å². The molecule has 3 N–H and O–H groups in total. The first-order valence-corrected chi connectivity index (χ1v) is 9.77. The number of halogens is 1. The zero-order valence-corrected chi connectivity index (χ0v) is 16.3. The van der Waals surface area contributed by atoms with Crippen LogP contribution in [0.4, 0.5) is 10.1 Å². The summed E-state index contributed by atoms with van der Waals surface area (Å²) in [6.45, 7) is 0.740. The Labute approximate surface area is 172 Å². The van der Waals surface area contributed by atoms with Gasteiger partial charge >= 0.3 is 0 Å². The van der Waals surface area contributed by atoms with E-state index >= 15 is 0 Å². The van der Waals surface area contributed by atoms with Gasteiger partial charge in [-0.1, -0.05) is 24.3 Å². The minimum atomic E-state index is -0.462. The molecule has 0 saturated heterocycles. The van der Waals surface area contributed by atoms with Gasteiger partial charge < -0.3 is 10.6 Å². The molecule has 0 fully saturated rings. The Bertz CT molecular complexity index is 1290. The van der Waals surface area contributed by atoms with Crippen molar-refractivity contribution in [3.63, 3.8) is 0 Å². The average Bonchev–Trinajstić information content (AvgIpc) is 2.76. The van der Waals surface area contributed by atoms with Crippen LogP contribution in [0.15, 0.2) is 65.7 Å². The monoisotopic (exact) mass is 401 g/mol. The molecule has 3 heterocycles. The summed E-state index contributed by atoms with van der Waals surface area (Å²) < 4.78 is 14.3. The second kappa shape index (κ2) is 7.35. The standard InChI is InChI=1S/C23H20FN5O/c1-25-12-13-3-2-4-15(9-13)19-21(14-5-7-26-8-6-14)27-18-11-16(24)10-17-20(18)22(19)28-29-23(17)30/h2-11,19,21,25,27H,12H2,1H3,(H,29,30)/t19-,21+/m1/s1. The first kappa shape index (κ1) is 18.4. The van der Waals surface area contributed by atoms with Crippen LogP contribution in [0.25, 0.3) is 10.8 Å². The molecule has 5 rings (SSSR count). The Kier molecular flexibility index (Phi) is 4.52. The predicted molar refractivity (Wildman–Crippen MR) is 114 cm³/mol. The van der Waals surface area contributed by atoms with Crippen molar-refractivity contribution in [3.8, 4) is 0 Å². The number of rotatable bonds is 4. The molecule has 2 atom stereocenters. The van der Waals surface area contributed by atoms with E-state index in [1.54, 1.807) is 12.4 Å². The van der Waals surface area contributed by atoms with Crippen LogP contribution < -0.4 is 16.2 Å². The van der Waals surface area contributed by atoms with Crippen LogP contribution in [0.1, 0.15) is 34.3 Å². The number of aromatic nitrogens is 3. The van der Waals surface area contributed by atoms with Crippen LogP contribution >= 0.6 is 0 Å². The molecule has 0 radical (unpaired) electrons. The quantitative estimate of drug-likeness (QED) is 0.488. The van der Waals surface area contributed by atoms with E-state index in [1.165, 1.54) is 12.1 Å². The van der Waals surface area contributed by atoms with Crippen molar-refractivity contribution in [2.75, 3.05) is 12.4 Å². The van der Waals surface area contributed by atoms with E-state index in [-0.39, 0.29) is 12.0 Å². The van der Waals surface area contributed by atoms with Crippen LogP contribution in [0.5, 0.6) is 0 Å².